The second-order valence-corrected chi connectivity index (χ2v) is 3.83. The molecule has 1 aromatic heterocycles. The minimum atomic E-state index is -0.510. The maximum atomic E-state index is 13.1. The number of pyridine rings is 1. The number of anilines is 1. The Kier molecular flexibility index (Phi) is 3.44. The van der Waals surface area contributed by atoms with E-state index in [0.29, 0.717) is 17.3 Å². The molecule has 2 N–H and O–H groups in total. The maximum absolute atomic E-state index is 13.1. The molecule has 0 radical (unpaired) electrons. The van der Waals surface area contributed by atoms with Gasteiger partial charge in [-0.1, -0.05) is 17.7 Å². The number of nitrogen functional groups attached to an aromatic ring is 1. The highest BCUT2D eigenvalue weighted by Crippen LogP contribution is 2.21. The number of aromatic nitrogens is 1. The Labute approximate surface area is 103 Å². The van der Waals surface area contributed by atoms with Gasteiger partial charge >= 0.3 is 0 Å². The summed E-state index contributed by atoms with van der Waals surface area (Å²) >= 11 is 5.56. The first-order chi connectivity index (χ1) is 8.15. The van der Waals surface area contributed by atoms with Gasteiger partial charge in [-0.05, 0) is 24.3 Å². The van der Waals surface area contributed by atoms with Crippen molar-refractivity contribution in [1.82, 2.24) is 4.98 Å². The van der Waals surface area contributed by atoms with Gasteiger partial charge in [-0.3, -0.25) is 0 Å². The van der Waals surface area contributed by atoms with Crippen LogP contribution in [0.2, 0.25) is 5.02 Å². The monoisotopic (exact) mass is 252 g/mol. The zero-order valence-electron chi connectivity index (χ0n) is 8.86. The number of ether oxygens (including phenoxy) is 1. The van der Waals surface area contributed by atoms with Gasteiger partial charge in [0.2, 0.25) is 0 Å². The van der Waals surface area contributed by atoms with E-state index in [4.69, 9.17) is 22.1 Å². The van der Waals surface area contributed by atoms with Crippen molar-refractivity contribution in [3.8, 4) is 5.75 Å². The number of hydrogen-bond donors (Lipinski definition) is 1. The molecule has 0 aliphatic heterocycles. The quantitative estimate of drug-likeness (QED) is 0.913. The summed E-state index contributed by atoms with van der Waals surface area (Å²) in [6, 6.07) is 9.52. The Hall–Kier alpha value is -1.81. The number of halogens is 2. The van der Waals surface area contributed by atoms with E-state index in [1.54, 1.807) is 24.3 Å². The second kappa shape index (κ2) is 5.01. The van der Waals surface area contributed by atoms with Crippen LogP contribution in [-0.2, 0) is 6.61 Å². The van der Waals surface area contributed by atoms with Crippen LogP contribution in [0.5, 0.6) is 5.75 Å². The van der Waals surface area contributed by atoms with Gasteiger partial charge in [0, 0.05) is 6.07 Å². The average molecular weight is 253 g/mol. The molecule has 0 saturated carbocycles. The van der Waals surface area contributed by atoms with Crippen LogP contribution < -0.4 is 10.5 Å². The Morgan fingerprint density at radius 1 is 1.29 bits per heavy atom. The molecule has 0 amide bonds. The normalized spacial score (nSPS) is 10.2. The van der Waals surface area contributed by atoms with Crippen molar-refractivity contribution in [2.24, 2.45) is 0 Å². The summed E-state index contributed by atoms with van der Waals surface area (Å²) in [5, 5.41) is 0.0689. The molecule has 0 spiro atoms. The molecule has 17 heavy (non-hydrogen) atoms. The lowest BCUT2D eigenvalue weighted by atomic mass is 10.3. The lowest BCUT2D eigenvalue weighted by Crippen LogP contribution is -2.00. The van der Waals surface area contributed by atoms with Gasteiger partial charge in [-0.15, -0.1) is 0 Å². The summed E-state index contributed by atoms with van der Waals surface area (Å²) in [7, 11) is 0. The molecule has 1 heterocycles. The maximum Gasteiger partial charge on any atom is 0.145 e. The van der Waals surface area contributed by atoms with E-state index < -0.39 is 5.82 Å². The smallest absolute Gasteiger partial charge is 0.145 e. The van der Waals surface area contributed by atoms with Crippen molar-refractivity contribution in [1.29, 1.82) is 0 Å². The van der Waals surface area contributed by atoms with Gasteiger partial charge in [0.05, 0.1) is 10.7 Å². The average Bonchev–Trinajstić information content (AvgIpc) is 2.31. The van der Waals surface area contributed by atoms with Crippen LogP contribution in [0, 0.1) is 5.82 Å². The Morgan fingerprint density at radius 2 is 2.12 bits per heavy atom. The van der Waals surface area contributed by atoms with Crippen LogP contribution in [0.25, 0.3) is 0 Å². The molecule has 0 unspecified atom stereocenters. The first-order valence-electron chi connectivity index (χ1n) is 4.94. The molecule has 0 saturated heterocycles. The van der Waals surface area contributed by atoms with Gasteiger partial charge < -0.3 is 10.5 Å². The van der Waals surface area contributed by atoms with E-state index in [1.807, 2.05) is 0 Å². The minimum Gasteiger partial charge on any atom is -0.487 e. The molecule has 0 fully saturated rings. The highest BCUT2D eigenvalue weighted by molar-refractivity contribution is 6.30. The van der Waals surface area contributed by atoms with E-state index in [9.17, 15) is 4.39 Å². The molecular weight excluding hydrogens is 243 g/mol. The molecule has 5 heteroatoms. The van der Waals surface area contributed by atoms with E-state index >= 15 is 0 Å². The number of benzene rings is 1. The fourth-order valence-electron chi connectivity index (χ4n) is 1.30. The summed E-state index contributed by atoms with van der Waals surface area (Å²) in [5.41, 5.74) is 6.21. The third-order valence-electron chi connectivity index (χ3n) is 2.11. The van der Waals surface area contributed by atoms with E-state index in [-0.39, 0.29) is 11.6 Å². The molecule has 88 valence electrons. The van der Waals surface area contributed by atoms with Crippen LogP contribution in [0.4, 0.5) is 10.2 Å². The van der Waals surface area contributed by atoms with Crippen molar-refractivity contribution >= 4 is 17.4 Å². The minimum absolute atomic E-state index is 0.0689. The Bertz CT molecular complexity index is 534. The highest BCUT2D eigenvalue weighted by Gasteiger charge is 2.02. The van der Waals surface area contributed by atoms with Gasteiger partial charge in [0.1, 0.15) is 24.0 Å². The molecular formula is C12H10ClFN2O. The van der Waals surface area contributed by atoms with Crippen LogP contribution in [0.1, 0.15) is 5.69 Å². The molecule has 2 rings (SSSR count). The van der Waals surface area contributed by atoms with Crippen molar-refractivity contribution in [3.63, 3.8) is 0 Å². The number of nitrogens with two attached hydrogens (primary N) is 1. The lowest BCUT2D eigenvalue weighted by Gasteiger charge is -2.06. The Balaban J connectivity index is 2.05. The van der Waals surface area contributed by atoms with E-state index in [2.05, 4.69) is 4.98 Å². The van der Waals surface area contributed by atoms with Crippen LogP contribution in [-0.4, -0.2) is 4.98 Å². The van der Waals surface area contributed by atoms with Crippen molar-refractivity contribution in [2.45, 2.75) is 6.61 Å². The number of rotatable bonds is 3. The number of hydrogen-bond acceptors (Lipinski definition) is 3. The predicted molar refractivity (Wildman–Crippen MR) is 64.4 cm³/mol. The first kappa shape index (κ1) is 11.7. The summed E-state index contributed by atoms with van der Waals surface area (Å²) in [5.74, 6) is 0.314. The zero-order chi connectivity index (χ0) is 12.3. The molecule has 0 atom stereocenters. The SMILES string of the molecule is Nc1cccc(COc2ccc(Cl)c(F)c2)n1. The molecule has 0 aliphatic carbocycles. The van der Waals surface area contributed by atoms with Crippen molar-refractivity contribution < 1.29 is 9.13 Å². The third-order valence-corrected chi connectivity index (χ3v) is 2.41. The topological polar surface area (TPSA) is 48.1 Å². The van der Waals surface area contributed by atoms with E-state index in [0.717, 1.165) is 0 Å². The molecule has 2 aromatic rings. The Morgan fingerprint density at radius 3 is 2.82 bits per heavy atom. The summed E-state index contributed by atoms with van der Waals surface area (Å²) in [6.07, 6.45) is 0. The molecule has 0 aliphatic rings. The molecule has 0 bridgehead atoms. The van der Waals surface area contributed by atoms with Crippen LogP contribution >= 0.6 is 11.6 Å². The summed E-state index contributed by atoms with van der Waals surface area (Å²) in [6.45, 7) is 0.228. The fraction of sp³-hybridized carbons (Fsp3) is 0.0833. The fourth-order valence-corrected chi connectivity index (χ4v) is 1.42. The predicted octanol–water partition coefficient (Wildman–Crippen LogP) is 3.04. The first-order valence-corrected chi connectivity index (χ1v) is 5.32. The second-order valence-electron chi connectivity index (χ2n) is 3.42. The van der Waals surface area contributed by atoms with Gasteiger partial charge in [-0.2, -0.15) is 0 Å². The third kappa shape index (κ3) is 3.07. The largest absolute Gasteiger partial charge is 0.487 e. The van der Waals surface area contributed by atoms with Crippen molar-refractivity contribution in [3.05, 3.63) is 52.9 Å². The standard InChI is InChI=1S/C12H10ClFN2O/c13-10-5-4-9(6-11(10)14)17-7-8-2-1-3-12(15)16-8/h1-6H,7H2,(H2,15,16). The summed E-state index contributed by atoms with van der Waals surface area (Å²) < 4.78 is 18.5. The van der Waals surface area contributed by atoms with Crippen LogP contribution in [0.15, 0.2) is 36.4 Å². The van der Waals surface area contributed by atoms with Crippen LogP contribution in [0.3, 0.4) is 0 Å². The molecule has 1 aromatic carbocycles. The van der Waals surface area contributed by atoms with Gasteiger partial charge in [0.25, 0.3) is 0 Å². The summed E-state index contributed by atoms with van der Waals surface area (Å²) in [4.78, 5) is 4.06. The highest BCUT2D eigenvalue weighted by atomic mass is 35.5. The van der Waals surface area contributed by atoms with Crippen molar-refractivity contribution in [2.75, 3.05) is 5.73 Å². The van der Waals surface area contributed by atoms with Gasteiger partial charge in [0.15, 0.2) is 0 Å². The van der Waals surface area contributed by atoms with E-state index in [1.165, 1.54) is 12.1 Å². The number of nitrogens with zero attached hydrogens (tertiary/aromatic N) is 1. The van der Waals surface area contributed by atoms with Gasteiger partial charge in [-0.25, -0.2) is 9.37 Å². The lowest BCUT2D eigenvalue weighted by molar-refractivity contribution is 0.300. The zero-order valence-corrected chi connectivity index (χ0v) is 9.62. The molecule has 3 nitrogen and oxygen atoms in total.